The van der Waals surface area contributed by atoms with Crippen LogP contribution < -0.4 is 10.6 Å². The van der Waals surface area contributed by atoms with E-state index in [4.69, 9.17) is 5.11 Å². The lowest BCUT2D eigenvalue weighted by molar-refractivity contribution is -0.137. The number of aliphatic hydroxyl groups is 1. The average Bonchev–Trinajstić information content (AvgIpc) is 2.94. The minimum absolute atomic E-state index is 0.171. The van der Waals surface area contributed by atoms with Gasteiger partial charge in [-0.1, -0.05) is 6.07 Å². The Morgan fingerprint density at radius 2 is 2.13 bits per heavy atom. The van der Waals surface area contributed by atoms with Gasteiger partial charge in [0, 0.05) is 12.3 Å². The van der Waals surface area contributed by atoms with Gasteiger partial charge in [-0.2, -0.15) is 13.2 Å². The summed E-state index contributed by atoms with van der Waals surface area (Å²) in [6, 6.07) is 5.13. The number of rotatable bonds is 4. The Hall–Kier alpha value is -2.55. The van der Waals surface area contributed by atoms with Crippen LogP contribution in [0.2, 0.25) is 0 Å². The molecule has 0 saturated heterocycles. The maximum absolute atomic E-state index is 12.7. The number of nitrogens with zero attached hydrogens (tertiary/aromatic N) is 2. The quantitative estimate of drug-likeness (QED) is 0.806. The summed E-state index contributed by atoms with van der Waals surface area (Å²) in [5, 5.41) is 17.7. The third-order valence-corrected chi connectivity index (χ3v) is 2.92. The van der Waals surface area contributed by atoms with Crippen LogP contribution in [0.4, 0.5) is 23.8 Å². The molecule has 1 heterocycles. The molecule has 0 aliphatic heterocycles. The molecule has 1 aromatic heterocycles. The third-order valence-electron chi connectivity index (χ3n) is 2.92. The predicted molar refractivity (Wildman–Crippen MR) is 77.3 cm³/mol. The Morgan fingerprint density at radius 1 is 1.39 bits per heavy atom. The van der Waals surface area contributed by atoms with E-state index < -0.39 is 23.8 Å². The van der Waals surface area contributed by atoms with Gasteiger partial charge in [-0.25, -0.2) is 9.48 Å². The molecular weight excluding hydrogens is 313 g/mol. The fourth-order valence-corrected chi connectivity index (χ4v) is 1.78. The van der Waals surface area contributed by atoms with Gasteiger partial charge in [0.2, 0.25) is 0 Å². The highest BCUT2D eigenvalue weighted by atomic mass is 19.4. The highest BCUT2D eigenvalue weighted by Crippen LogP contribution is 2.30. The second-order valence-electron chi connectivity index (χ2n) is 4.88. The van der Waals surface area contributed by atoms with Crippen molar-refractivity contribution in [1.82, 2.24) is 15.1 Å². The van der Waals surface area contributed by atoms with E-state index in [1.807, 2.05) is 0 Å². The topological polar surface area (TPSA) is 79.2 Å². The Morgan fingerprint density at radius 3 is 2.78 bits per heavy atom. The van der Waals surface area contributed by atoms with Crippen LogP contribution in [0.3, 0.4) is 0 Å². The molecule has 2 amide bonds. The maximum atomic E-state index is 12.7. The zero-order valence-electron chi connectivity index (χ0n) is 12.1. The van der Waals surface area contributed by atoms with Crippen molar-refractivity contribution in [2.75, 3.05) is 11.9 Å². The van der Waals surface area contributed by atoms with Crippen LogP contribution in [0, 0.1) is 0 Å². The summed E-state index contributed by atoms with van der Waals surface area (Å²) in [5.41, 5.74) is -0.563. The van der Waals surface area contributed by atoms with Crippen LogP contribution in [-0.2, 0) is 6.18 Å². The lowest BCUT2D eigenvalue weighted by atomic mass is 10.2. The maximum Gasteiger partial charge on any atom is 0.416 e. The normalized spacial score (nSPS) is 12.7. The van der Waals surface area contributed by atoms with E-state index in [1.54, 1.807) is 6.92 Å². The summed E-state index contributed by atoms with van der Waals surface area (Å²) in [4.78, 5) is 11.6. The van der Waals surface area contributed by atoms with Crippen LogP contribution in [-0.4, -0.2) is 33.6 Å². The number of carbonyl (C=O) groups is 1. The fraction of sp³-hybridized carbons (Fsp3) is 0.286. The lowest BCUT2D eigenvalue weighted by Crippen LogP contribution is -2.38. The standard InChI is InChI=1S/C14H15F3N4O2/c1-9(8-22)18-13(23)19-12-5-6-21(20-12)11-4-2-3-10(7-11)14(15,16)17/h2-7,9,22H,8H2,1H3,(H2,18,19,20,23). The van der Waals surface area contributed by atoms with Crippen molar-refractivity contribution >= 4 is 11.8 Å². The molecule has 9 heteroatoms. The Labute approximate surface area is 129 Å². The van der Waals surface area contributed by atoms with Crippen molar-refractivity contribution in [3.8, 4) is 5.69 Å². The van der Waals surface area contributed by atoms with E-state index in [0.717, 1.165) is 12.1 Å². The van der Waals surface area contributed by atoms with Gasteiger partial charge in [0.25, 0.3) is 0 Å². The number of hydrogen-bond acceptors (Lipinski definition) is 3. The van der Waals surface area contributed by atoms with Crippen LogP contribution in [0.25, 0.3) is 5.69 Å². The fourth-order valence-electron chi connectivity index (χ4n) is 1.78. The highest BCUT2D eigenvalue weighted by molar-refractivity contribution is 5.88. The highest BCUT2D eigenvalue weighted by Gasteiger charge is 2.30. The van der Waals surface area contributed by atoms with Gasteiger partial charge in [0.05, 0.1) is 23.9 Å². The molecular formula is C14H15F3N4O2. The van der Waals surface area contributed by atoms with E-state index in [0.29, 0.717) is 0 Å². The largest absolute Gasteiger partial charge is 0.416 e. The van der Waals surface area contributed by atoms with Crippen molar-refractivity contribution in [2.45, 2.75) is 19.1 Å². The van der Waals surface area contributed by atoms with Gasteiger partial charge in [-0.05, 0) is 25.1 Å². The monoisotopic (exact) mass is 328 g/mol. The van der Waals surface area contributed by atoms with Gasteiger partial charge in [-0.3, -0.25) is 5.32 Å². The molecule has 0 fully saturated rings. The predicted octanol–water partition coefficient (Wildman–Crippen LogP) is 2.39. The molecule has 1 atom stereocenters. The summed E-state index contributed by atoms with van der Waals surface area (Å²) in [7, 11) is 0. The molecule has 0 aliphatic carbocycles. The van der Waals surface area contributed by atoms with Crippen LogP contribution in [0.5, 0.6) is 0 Å². The Balaban J connectivity index is 2.12. The second-order valence-corrected chi connectivity index (χ2v) is 4.88. The van der Waals surface area contributed by atoms with Crippen molar-refractivity contribution in [1.29, 1.82) is 0 Å². The number of amides is 2. The van der Waals surface area contributed by atoms with E-state index >= 15 is 0 Å². The van der Waals surface area contributed by atoms with E-state index in [1.165, 1.54) is 29.1 Å². The number of alkyl halides is 3. The molecule has 2 aromatic rings. The number of nitrogens with one attached hydrogen (secondary N) is 2. The number of hydrogen-bond donors (Lipinski definition) is 3. The molecule has 0 saturated carbocycles. The minimum Gasteiger partial charge on any atom is -0.394 e. The van der Waals surface area contributed by atoms with E-state index in [2.05, 4.69) is 15.7 Å². The summed E-state index contributed by atoms with van der Waals surface area (Å²) in [6.45, 7) is 1.40. The van der Waals surface area contributed by atoms with Gasteiger partial charge in [-0.15, -0.1) is 5.10 Å². The van der Waals surface area contributed by atoms with Crippen molar-refractivity contribution in [2.24, 2.45) is 0 Å². The van der Waals surface area contributed by atoms with Crippen LogP contribution >= 0.6 is 0 Å². The molecule has 1 unspecified atom stereocenters. The first kappa shape index (κ1) is 16.8. The molecule has 0 aliphatic rings. The first-order valence-electron chi connectivity index (χ1n) is 6.71. The molecule has 2 rings (SSSR count). The lowest BCUT2D eigenvalue weighted by Gasteiger charge is -2.10. The molecule has 124 valence electrons. The van der Waals surface area contributed by atoms with Crippen molar-refractivity contribution in [3.63, 3.8) is 0 Å². The molecule has 0 spiro atoms. The van der Waals surface area contributed by atoms with E-state index in [9.17, 15) is 18.0 Å². The van der Waals surface area contributed by atoms with Crippen LogP contribution in [0.1, 0.15) is 12.5 Å². The molecule has 6 nitrogen and oxygen atoms in total. The van der Waals surface area contributed by atoms with Crippen LogP contribution in [0.15, 0.2) is 36.5 Å². The number of urea groups is 1. The Kier molecular flexibility index (Phi) is 4.89. The number of aromatic nitrogens is 2. The first-order valence-corrected chi connectivity index (χ1v) is 6.71. The van der Waals surface area contributed by atoms with Gasteiger partial charge < -0.3 is 10.4 Å². The van der Waals surface area contributed by atoms with Crippen molar-refractivity contribution < 1.29 is 23.1 Å². The molecule has 0 radical (unpaired) electrons. The number of anilines is 1. The molecule has 23 heavy (non-hydrogen) atoms. The smallest absolute Gasteiger partial charge is 0.394 e. The summed E-state index contributed by atoms with van der Waals surface area (Å²) in [6.07, 6.45) is -3.01. The van der Waals surface area contributed by atoms with Gasteiger partial charge in [0.15, 0.2) is 5.82 Å². The third kappa shape index (κ3) is 4.46. The van der Waals surface area contributed by atoms with Crippen molar-refractivity contribution in [3.05, 3.63) is 42.1 Å². The molecule has 1 aromatic carbocycles. The number of benzene rings is 1. The van der Waals surface area contributed by atoms with E-state index in [-0.39, 0.29) is 18.1 Å². The minimum atomic E-state index is -4.44. The summed E-state index contributed by atoms with van der Waals surface area (Å²) in [5.74, 6) is 0.171. The molecule has 0 bridgehead atoms. The first-order chi connectivity index (χ1) is 10.8. The number of carbonyl (C=O) groups excluding carboxylic acids is 1. The Bertz CT molecular complexity index is 685. The summed E-state index contributed by atoms with van der Waals surface area (Å²) < 4.78 is 39.3. The SMILES string of the molecule is CC(CO)NC(=O)Nc1ccn(-c2cccc(C(F)(F)F)c2)n1. The average molecular weight is 328 g/mol. The number of halogens is 3. The number of aliphatic hydroxyl groups excluding tert-OH is 1. The zero-order chi connectivity index (χ0) is 17.0. The summed E-state index contributed by atoms with van der Waals surface area (Å²) >= 11 is 0. The second kappa shape index (κ2) is 6.69. The van der Waals surface area contributed by atoms with Gasteiger partial charge >= 0.3 is 12.2 Å². The zero-order valence-corrected chi connectivity index (χ0v) is 12.1. The molecule has 3 N–H and O–H groups in total. The van der Waals surface area contributed by atoms with Gasteiger partial charge in [0.1, 0.15) is 0 Å².